The maximum atomic E-state index is 3.55. The monoisotopic (exact) mass is 125 g/mol. The van der Waals surface area contributed by atoms with Crippen molar-refractivity contribution in [3.8, 4) is 0 Å². The third kappa shape index (κ3) is 1.11. The van der Waals surface area contributed by atoms with E-state index in [1.807, 2.05) is 0 Å². The Balaban J connectivity index is 1.96. The van der Waals surface area contributed by atoms with Crippen LogP contribution in [0.15, 0.2) is 0 Å². The summed E-state index contributed by atoms with van der Waals surface area (Å²) in [5, 5.41) is 3.55. The van der Waals surface area contributed by atoms with Crippen LogP contribution in [0.1, 0.15) is 32.1 Å². The summed E-state index contributed by atoms with van der Waals surface area (Å²) in [7, 11) is 0. The first kappa shape index (κ1) is 5.72. The second kappa shape index (κ2) is 2.30. The number of rotatable bonds is 0. The highest BCUT2D eigenvalue weighted by Gasteiger charge is 2.24. The molecule has 0 aromatic heterocycles. The molecule has 1 saturated heterocycles. The molecule has 1 nitrogen and oxygen atoms in total. The summed E-state index contributed by atoms with van der Waals surface area (Å²) < 4.78 is 0. The molecule has 0 aromatic rings. The van der Waals surface area contributed by atoms with Crippen molar-refractivity contribution in [2.45, 2.75) is 38.1 Å². The lowest BCUT2D eigenvalue weighted by Crippen LogP contribution is -2.40. The van der Waals surface area contributed by atoms with E-state index >= 15 is 0 Å². The van der Waals surface area contributed by atoms with Crippen LogP contribution in [-0.4, -0.2) is 12.6 Å². The molecule has 1 aliphatic carbocycles. The highest BCUT2D eigenvalue weighted by molar-refractivity contribution is 4.82. The number of nitrogens with one attached hydrogen (secondary N) is 1. The fourth-order valence-electron chi connectivity index (χ4n) is 2.23. The van der Waals surface area contributed by atoms with Crippen molar-refractivity contribution in [1.82, 2.24) is 5.32 Å². The van der Waals surface area contributed by atoms with E-state index in [1.165, 1.54) is 38.6 Å². The molecule has 2 fully saturated rings. The molecule has 2 atom stereocenters. The van der Waals surface area contributed by atoms with Crippen molar-refractivity contribution in [3.05, 3.63) is 0 Å². The molecule has 2 rings (SSSR count). The van der Waals surface area contributed by atoms with Gasteiger partial charge in [0.05, 0.1) is 0 Å². The van der Waals surface area contributed by atoms with Crippen LogP contribution < -0.4 is 5.32 Å². The van der Waals surface area contributed by atoms with E-state index in [0.29, 0.717) is 0 Å². The van der Waals surface area contributed by atoms with Gasteiger partial charge in [0.1, 0.15) is 0 Å². The number of hydrogen-bond donors (Lipinski definition) is 1. The Labute approximate surface area is 56.8 Å². The smallest absolute Gasteiger partial charge is 0.00697 e. The van der Waals surface area contributed by atoms with Gasteiger partial charge in [-0.25, -0.2) is 0 Å². The summed E-state index contributed by atoms with van der Waals surface area (Å²) in [6.45, 7) is 1.29. The molecule has 1 N–H and O–H groups in total. The third-order valence-electron chi connectivity index (χ3n) is 2.77. The summed E-state index contributed by atoms with van der Waals surface area (Å²) in [6, 6.07) is 0.900. The standard InChI is InChI=1S/C8H15N/c1-2-7-4-5-9-8(3-1)6-7/h7-9H,1-6H2/t7-,8-/m0/s1. The van der Waals surface area contributed by atoms with Crippen LogP contribution in [0.5, 0.6) is 0 Å². The lowest BCUT2D eigenvalue weighted by molar-refractivity contribution is 0.225. The summed E-state index contributed by atoms with van der Waals surface area (Å²) in [5.74, 6) is 1.09. The predicted octanol–water partition coefficient (Wildman–Crippen LogP) is 1.54. The minimum atomic E-state index is 0.900. The average molecular weight is 125 g/mol. The second-order valence-electron chi connectivity index (χ2n) is 3.47. The topological polar surface area (TPSA) is 12.0 Å². The Hall–Kier alpha value is -0.0400. The fraction of sp³-hybridized carbons (Fsp3) is 1.00. The van der Waals surface area contributed by atoms with Crippen LogP contribution in [0, 0.1) is 5.92 Å². The highest BCUT2D eigenvalue weighted by Crippen LogP contribution is 2.29. The summed E-state index contributed by atoms with van der Waals surface area (Å²) in [6.07, 6.45) is 7.34. The molecule has 0 aromatic carbocycles. The molecule has 0 radical (unpaired) electrons. The Kier molecular flexibility index (Phi) is 1.46. The fourth-order valence-corrected chi connectivity index (χ4v) is 2.23. The first-order valence-electron chi connectivity index (χ1n) is 4.18. The summed E-state index contributed by atoms with van der Waals surface area (Å²) >= 11 is 0. The Morgan fingerprint density at radius 1 is 1.11 bits per heavy atom. The van der Waals surface area contributed by atoms with Crippen LogP contribution in [0.4, 0.5) is 0 Å². The van der Waals surface area contributed by atoms with Crippen LogP contribution >= 0.6 is 0 Å². The van der Waals surface area contributed by atoms with Crippen LogP contribution in [0.25, 0.3) is 0 Å². The minimum absolute atomic E-state index is 0.900. The molecular weight excluding hydrogens is 110 g/mol. The van der Waals surface area contributed by atoms with Crippen LogP contribution in [-0.2, 0) is 0 Å². The van der Waals surface area contributed by atoms with Crippen LogP contribution in [0.2, 0.25) is 0 Å². The maximum absolute atomic E-state index is 3.55. The molecular formula is C8H15N. The molecule has 52 valence electrons. The maximum Gasteiger partial charge on any atom is 0.00697 e. The van der Waals surface area contributed by atoms with E-state index in [-0.39, 0.29) is 0 Å². The van der Waals surface area contributed by atoms with E-state index in [4.69, 9.17) is 0 Å². The van der Waals surface area contributed by atoms with Crippen LogP contribution in [0.3, 0.4) is 0 Å². The van der Waals surface area contributed by atoms with Gasteiger partial charge < -0.3 is 5.32 Å². The first-order chi connectivity index (χ1) is 4.45. The van der Waals surface area contributed by atoms with Gasteiger partial charge in [0.25, 0.3) is 0 Å². The Bertz CT molecular complexity index is 80.7. The van der Waals surface area contributed by atoms with Gasteiger partial charge in [0.15, 0.2) is 0 Å². The largest absolute Gasteiger partial charge is 0.314 e. The van der Waals surface area contributed by atoms with Crippen molar-refractivity contribution in [2.75, 3.05) is 6.54 Å². The Morgan fingerprint density at radius 3 is 2.89 bits per heavy atom. The molecule has 1 heteroatoms. The van der Waals surface area contributed by atoms with Gasteiger partial charge in [0.2, 0.25) is 0 Å². The first-order valence-corrected chi connectivity index (χ1v) is 4.18. The Morgan fingerprint density at radius 2 is 2.11 bits per heavy atom. The molecule has 2 aliphatic rings. The van der Waals surface area contributed by atoms with Gasteiger partial charge >= 0.3 is 0 Å². The number of fused-ring (bicyclic) bond motifs is 2. The third-order valence-corrected chi connectivity index (χ3v) is 2.77. The van der Waals surface area contributed by atoms with E-state index in [2.05, 4.69) is 5.32 Å². The molecule has 9 heavy (non-hydrogen) atoms. The number of hydrogen-bond acceptors (Lipinski definition) is 1. The molecule has 0 amide bonds. The minimum Gasteiger partial charge on any atom is -0.314 e. The van der Waals surface area contributed by atoms with E-state index in [1.54, 1.807) is 0 Å². The number of piperidine rings is 1. The SMILES string of the molecule is C1C[C@H]2CCN[C@@H](C1)C2. The molecule has 1 aliphatic heterocycles. The van der Waals surface area contributed by atoms with Gasteiger partial charge in [-0.1, -0.05) is 12.8 Å². The van der Waals surface area contributed by atoms with Gasteiger partial charge in [-0.05, 0) is 31.7 Å². The quantitative estimate of drug-likeness (QED) is 0.518. The van der Waals surface area contributed by atoms with Gasteiger partial charge in [-0.2, -0.15) is 0 Å². The van der Waals surface area contributed by atoms with E-state index in [9.17, 15) is 0 Å². The molecule has 0 unspecified atom stereocenters. The zero-order valence-corrected chi connectivity index (χ0v) is 5.90. The molecule has 2 bridgehead atoms. The van der Waals surface area contributed by atoms with Gasteiger partial charge in [-0.3, -0.25) is 0 Å². The van der Waals surface area contributed by atoms with Crippen molar-refractivity contribution in [1.29, 1.82) is 0 Å². The van der Waals surface area contributed by atoms with E-state index < -0.39 is 0 Å². The predicted molar refractivity (Wildman–Crippen MR) is 38.4 cm³/mol. The molecule has 0 spiro atoms. The molecule has 1 saturated carbocycles. The lowest BCUT2D eigenvalue weighted by Gasteiger charge is -2.34. The second-order valence-corrected chi connectivity index (χ2v) is 3.47. The zero-order valence-electron chi connectivity index (χ0n) is 5.90. The zero-order chi connectivity index (χ0) is 6.10. The van der Waals surface area contributed by atoms with Crippen molar-refractivity contribution in [2.24, 2.45) is 5.92 Å². The van der Waals surface area contributed by atoms with Gasteiger partial charge in [0, 0.05) is 6.04 Å². The lowest BCUT2D eigenvalue weighted by atomic mass is 9.81. The molecule has 1 heterocycles. The summed E-state index contributed by atoms with van der Waals surface area (Å²) in [4.78, 5) is 0. The van der Waals surface area contributed by atoms with Gasteiger partial charge in [-0.15, -0.1) is 0 Å². The highest BCUT2D eigenvalue weighted by atomic mass is 14.9. The van der Waals surface area contributed by atoms with Crippen molar-refractivity contribution >= 4 is 0 Å². The van der Waals surface area contributed by atoms with E-state index in [0.717, 1.165) is 12.0 Å². The summed E-state index contributed by atoms with van der Waals surface area (Å²) in [5.41, 5.74) is 0. The normalized spacial score (nSPS) is 42.7. The van der Waals surface area contributed by atoms with Crippen molar-refractivity contribution < 1.29 is 0 Å². The van der Waals surface area contributed by atoms with Crippen molar-refractivity contribution in [3.63, 3.8) is 0 Å². The average Bonchev–Trinajstić information content (AvgIpc) is 1.88.